The number of benzene rings is 2. The zero-order chi connectivity index (χ0) is 16.2. The molecule has 1 saturated heterocycles. The van der Waals surface area contributed by atoms with E-state index in [1.807, 2.05) is 19.2 Å². The van der Waals surface area contributed by atoms with Crippen molar-refractivity contribution in [1.82, 2.24) is 5.32 Å². The largest absolute Gasteiger partial charge is 0.368 e. The van der Waals surface area contributed by atoms with Crippen LogP contribution in [0.1, 0.15) is 5.56 Å². The Labute approximate surface area is 135 Å². The van der Waals surface area contributed by atoms with Crippen LogP contribution in [0.3, 0.4) is 0 Å². The zero-order valence-corrected chi connectivity index (χ0v) is 13.2. The van der Waals surface area contributed by atoms with E-state index in [0.29, 0.717) is 5.69 Å². The van der Waals surface area contributed by atoms with Crippen molar-refractivity contribution in [3.63, 3.8) is 0 Å². The highest BCUT2D eigenvalue weighted by Gasteiger charge is 2.20. The molecule has 122 valence electrons. The number of piperazine rings is 1. The second-order valence-electron chi connectivity index (χ2n) is 5.77. The van der Waals surface area contributed by atoms with Crippen LogP contribution in [0.2, 0.25) is 0 Å². The van der Waals surface area contributed by atoms with E-state index in [1.165, 1.54) is 18.2 Å². The predicted molar refractivity (Wildman–Crippen MR) is 90.0 cm³/mol. The molecule has 0 atom stereocenters. The maximum absolute atomic E-state index is 14.1. The second-order valence-corrected chi connectivity index (χ2v) is 5.77. The summed E-state index contributed by atoms with van der Waals surface area (Å²) in [6.45, 7) is 3.81. The third kappa shape index (κ3) is 3.62. The average Bonchev–Trinajstić information content (AvgIpc) is 2.58. The smallest absolute Gasteiger partial charge is 0.146 e. The van der Waals surface area contributed by atoms with E-state index in [4.69, 9.17) is 0 Å². The summed E-state index contributed by atoms with van der Waals surface area (Å²) in [5, 5.41) is 3.09. The molecule has 1 heterocycles. The molecule has 1 aliphatic rings. The Hall–Kier alpha value is -2.14. The monoisotopic (exact) mass is 317 g/mol. The Bertz CT molecular complexity index is 650. The van der Waals surface area contributed by atoms with E-state index in [9.17, 15) is 8.78 Å². The van der Waals surface area contributed by atoms with Gasteiger partial charge in [0, 0.05) is 38.4 Å². The first-order valence-electron chi connectivity index (χ1n) is 7.86. The summed E-state index contributed by atoms with van der Waals surface area (Å²) in [6.07, 6.45) is 0. The van der Waals surface area contributed by atoms with E-state index in [2.05, 4.69) is 15.1 Å². The quantitative estimate of drug-likeness (QED) is 0.935. The van der Waals surface area contributed by atoms with Crippen LogP contribution >= 0.6 is 0 Å². The molecule has 0 saturated carbocycles. The van der Waals surface area contributed by atoms with Crippen molar-refractivity contribution in [2.45, 2.75) is 6.54 Å². The number of hydrogen-bond donors (Lipinski definition) is 1. The molecular formula is C18H21F2N3. The molecule has 0 aliphatic carbocycles. The molecule has 0 amide bonds. The second kappa shape index (κ2) is 6.96. The minimum atomic E-state index is -0.226. The van der Waals surface area contributed by atoms with Crippen LogP contribution in [-0.4, -0.2) is 33.2 Å². The predicted octanol–water partition coefficient (Wildman–Crippen LogP) is 3.01. The fourth-order valence-electron chi connectivity index (χ4n) is 2.97. The molecule has 1 fully saturated rings. The van der Waals surface area contributed by atoms with Gasteiger partial charge in [0.2, 0.25) is 0 Å². The van der Waals surface area contributed by atoms with Crippen LogP contribution in [0.4, 0.5) is 20.2 Å². The molecule has 0 spiro atoms. The summed E-state index contributed by atoms with van der Waals surface area (Å²) in [5.74, 6) is -0.407. The Morgan fingerprint density at radius 1 is 0.913 bits per heavy atom. The lowest BCUT2D eigenvalue weighted by atomic mass is 10.1. The minimum absolute atomic E-state index is 0.180. The van der Waals surface area contributed by atoms with Crippen molar-refractivity contribution in [3.8, 4) is 0 Å². The summed E-state index contributed by atoms with van der Waals surface area (Å²) in [7, 11) is 1.88. The van der Waals surface area contributed by atoms with Crippen LogP contribution in [0, 0.1) is 11.6 Å². The molecule has 2 aromatic rings. The third-order valence-corrected chi connectivity index (χ3v) is 4.20. The SMILES string of the molecule is CNCc1ccc(F)c(N2CCN(c3ccc(F)cc3)CC2)c1. The number of rotatable bonds is 4. The Kier molecular flexibility index (Phi) is 4.76. The molecular weight excluding hydrogens is 296 g/mol. The third-order valence-electron chi connectivity index (χ3n) is 4.20. The normalized spacial score (nSPS) is 15.1. The molecule has 0 aromatic heterocycles. The van der Waals surface area contributed by atoms with Crippen LogP contribution in [0.25, 0.3) is 0 Å². The molecule has 5 heteroatoms. The number of nitrogens with one attached hydrogen (secondary N) is 1. The Morgan fingerprint density at radius 3 is 2.22 bits per heavy atom. The highest BCUT2D eigenvalue weighted by atomic mass is 19.1. The van der Waals surface area contributed by atoms with E-state index in [1.54, 1.807) is 12.1 Å². The van der Waals surface area contributed by atoms with Crippen molar-refractivity contribution < 1.29 is 8.78 Å². The lowest BCUT2D eigenvalue weighted by Gasteiger charge is -2.37. The first-order valence-corrected chi connectivity index (χ1v) is 7.86. The van der Waals surface area contributed by atoms with E-state index >= 15 is 0 Å². The van der Waals surface area contributed by atoms with E-state index in [0.717, 1.165) is 44.0 Å². The molecule has 1 N–H and O–H groups in total. The number of nitrogens with zero attached hydrogens (tertiary/aromatic N) is 2. The fourth-order valence-corrected chi connectivity index (χ4v) is 2.97. The lowest BCUT2D eigenvalue weighted by Crippen LogP contribution is -2.46. The number of hydrogen-bond acceptors (Lipinski definition) is 3. The van der Waals surface area contributed by atoms with Gasteiger partial charge in [-0.15, -0.1) is 0 Å². The maximum atomic E-state index is 14.1. The van der Waals surface area contributed by atoms with Gasteiger partial charge >= 0.3 is 0 Å². The first-order chi connectivity index (χ1) is 11.2. The molecule has 1 aliphatic heterocycles. The van der Waals surface area contributed by atoms with Gasteiger partial charge in [-0.25, -0.2) is 8.78 Å². The van der Waals surface area contributed by atoms with Crippen LogP contribution in [-0.2, 0) is 6.54 Å². The number of halogens is 2. The highest BCUT2D eigenvalue weighted by Crippen LogP contribution is 2.24. The van der Waals surface area contributed by atoms with Crippen LogP contribution in [0.5, 0.6) is 0 Å². The van der Waals surface area contributed by atoms with Crippen molar-refractivity contribution in [2.24, 2.45) is 0 Å². The van der Waals surface area contributed by atoms with Gasteiger partial charge in [0.15, 0.2) is 0 Å². The maximum Gasteiger partial charge on any atom is 0.146 e. The molecule has 3 nitrogen and oxygen atoms in total. The van der Waals surface area contributed by atoms with Gasteiger partial charge in [0.25, 0.3) is 0 Å². The van der Waals surface area contributed by atoms with Gasteiger partial charge in [0.1, 0.15) is 11.6 Å². The van der Waals surface area contributed by atoms with Crippen LogP contribution in [0.15, 0.2) is 42.5 Å². The van der Waals surface area contributed by atoms with Gasteiger partial charge in [0.05, 0.1) is 5.69 Å². The van der Waals surface area contributed by atoms with Gasteiger partial charge in [-0.3, -0.25) is 0 Å². The van der Waals surface area contributed by atoms with Gasteiger partial charge in [-0.2, -0.15) is 0 Å². The molecule has 23 heavy (non-hydrogen) atoms. The fraction of sp³-hybridized carbons (Fsp3) is 0.333. The topological polar surface area (TPSA) is 18.5 Å². The van der Waals surface area contributed by atoms with Crippen LogP contribution < -0.4 is 15.1 Å². The molecule has 3 rings (SSSR count). The summed E-state index contributed by atoms with van der Waals surface area (Å²) in [5.41, 5.74) is 2.75. The minimum Gasteiger partial charge on any atom is -0.368 e. The molecule has 0 unspecified atom stereocenters. The van der Waals surface area contributed by atoms with Crippen molar-refractivity contribution in [3.05, 3.63) is 59.7 Å². The summed E-state index contributed by atoms with van der Waals surface area (Å²) in [4.78, 5) is 4.28. The van der Waals surface area contributed by atoms with Gasteiger partial charge in [-0.1, -0.05) is 6.07 Å². The Morgan fingerprint density at radius 2 is 1.57 bits per heavy atom. The van der Waals surface area contributed by atoms with Gasteiger partial charge < -0.3 is 15.1 Å². The van der Waals surface area contributed by atoms with Gasteiger partial charge in [-0.05, 0) is 49.0 Å². The summed E-state index contributed by atoms with van der Waals surface area (Å²) in [6, 6.07) is 11.8. The molecule has 0 radical (unpaired) electrons. The molecule has 0 bridgehead atoms. The van der Waals surface area contributed by atoms with Crippen molar-refractivity contribution in [1.29, 1.82) is 0 Å². The standard InChI is InChI=1S/C18H21F2N3/c1-21-13-14-2-7-17(20)18(12-14)23-10-8-22(9-11-23)16-5-3-15(19)4-6-16/h2-7,12,21H,8-11,13H2,1H3. The average molecular weight is 317 g/mol. The molecule has 2 aromatic carbocycles. The highest BCUT2D eigenvalue weighted by molar-refractivity contribution is 5.53. The van der Waals surface area contributed by atoms with Crippen molar-refractivity contribution >= 4 is 11.4 Å². The van der Waals surface area contributed by atoms with E-state index in [-0.39, 0.29) is 11.6 Å². The first kappa shape index (κ1) is 15.7. The summed E-state index contributed by atoms with van der Waals surface area (Å²) >= 11 is 0. The van der Waals surface area contributed by atoms with Crippen molar-refractivity contribution in [2.75, 3.05) is 43.0 Å². The summed E-state index contributed by atoms with van der Waals surface area (Å²) < 4.78 is 27.2. The number of anilines is 2. The van der Waals surface area contributed by atoms with E-state index < -0.39 is 0 Å². The zero-order valence-electron chi connectivity index (χ0n) is 13.2. The lowest BCUT2D eigenvalue weighted by molar-refractivity contribution is 0.595. The Balaban J connectivity index is 1.69.